The van der Waals surface area contributed by atoms with E-state index in [0.717, 1.165) is 58.1 Å². The van der Waals surface area contributed by atoms with Gasteiger partial charge in [-0.2, -0.15) is 0 Å². The average molecular weight is 498 g/mol. The predicted octanol–water partition coefficient (Wildman–Crippen LogP) is 2.23. The molecule has 2 saturated heterocycles. The number of aliphatic imine (C=N–C) groups is 1. The van der Waals surface area contributed by atoms with Crippen molar-refractivity contribution in [3.8, 4) is 0 Å². The number of nitrogens with one attached hydrogen (secondary N) is 1. The SMILES string of the molecule is CN=C(NCC1CCc2ccccc21)N1CCN(C(=O)C2CCCO2)CC1.I. The molecule has 1 amide bonds. The molecule has 0 aromatic heterocycles. The molecular formula is C21H31IN4O2. The molecule has 2 atom stereocenters. The Hall–Kier alpha value is -1.35. The van der Waals surface area contributed by atoms with Crippen LogP contribution in [0.5, 0.6) is 0 Å². The van der Waals surface area contributed by atoms with Crippen LogP contribution in [0.1, 0.15) is 36.3 Å². The minimum absolute atomic E-state index is 0. The number of nitrogens with zero attached hydrogens (tertiary/aromatic N) is 3. The largest absolute Gasteiger partial charge is 0.368 e. The maximum atomic E-state index is 12.5. The van der Waals surface area contributed by atoms with Gasteiger partial charge in [-0.1, -0.05) is 24.3 Å². The summed E-state index contributed by atoms with van der Waals surface area (Å²) in [6.07, 6.45) is 4.02. The van der Waals surface area contributed by atoms with Crippen LogP contribution in [-0.2, 0) is 16.0 Å². The monoisotopic (exact) mass is 498 g/mol. The summed E-state index contributed by atoms with van der Waals surface area (Å²) in [5, 5.41) is 3.57. The Balaban J connectivity index is 0.00000225. The molecule has 0 spiro atoms. The Labute approximate surface area is 184 Å². The van der Waals surface area contributed by atoms with Crippen LogP contribution in [0.4, 0.5) is 0 Å². The molecular weight excluding hydrogens is 467 g/mol. The number of aryl methyl sites for hydroxylation is 1. The smallest absolute Gasteiger partial charge is 0.251 e. The van der Waals surface area contributed by atoms with E-state index in [0.29, 0.717) is 5.92 Å². The third-order valence-electron chi connectivity index (χ3n) is 6.07. The molecule has 7 heteroatoms. The van der Waals surface area contributed by atoms with E-state index in [1.54, 1.807) is 0 Å². The Morgan fingerprint density at radius 1 is 1.18 bits per heavy atom. The van der Waals surface area contributed by atoms with Crippen molar-refractivity contribution < 1.29 is 9.53 Å². The van der Waals surface area contributed by atoms with Crippen LogP contribution >= 0.6 is 24.0 Å². The highest BCUT2D eigenvalue weighted by atomic mass is 127. The lowest BCUT2D eigenvalue weighted by Gasteiger charge is -2.37. The van der Waals surface area contributed by atoms with E-state index in [1.165, 1.54) is 24.0 Å². The number of rotatable bonds is 3. The van der Waals surface area contributed by atoms with E-state index in [2.05, 4.69) is 39.5 Å². The summed E-state index contributed by atoms with van der Waals surface area (Å²) >= 11 is 0. The highest BCUT2D eigenvalue weighted by Crippen LogP contribution is 2.32. The van der Waals surface area contributed by atoms with Gasteiger partial charge in [-0.3, -0.25) is 9.79 Å². The molecule has 0 bridgehead atoms. The van der Waals surface area contributed by atoms with Crippen molar-refractivity contribution in [3.05, 3.63) is 35.4 Å². The van der Waals surface area contributed by atoms with Gasteiger partial charge >= 0.3 is 0 Å². The lowest BCUT2D eigenvalue weighted by atomic mass is 10.0. The van der Waals surface area contributed by atoms with E-state index in [9.17, 15) is 4.79 Å². The first-order valence-corrected chi connectivity index (χ1v) is 10.2. The van der Waals surface area contributed by atoms with Gasteiger partial charge in [0.1, 0.15) is 6.10 Å². The molecule has 2 unspecified atom stereocenters. The zero-order valence-electron chi connectivity index (χ0n) is 16.6. The van der Waals surface area contributed by atoms with Crippen LogP contribution < -0.4 is 5.32 Å². The second kappa shape index (κ2) is 9.91. The molecule has 3 aliphatic rings. The van der Waals surface area contributed by atoms with Gasteiger partial charge in [0.25, 0.3) is 5.91 Å². The fraction of sp³-hybridized carbons (Fsp3) is 0.619. The maximum Gasteiger partial charge on any atom is 0.251 e. The number of carbonyl (C=O) groups excluding carboxylic acids is 1. The standard InChI is InChI=1S/C21H30N4O2.HI/c1-22-21(23-15-17-9-8-16-5-2-3-6-18(16)17)25-12-10-24(11-13-25)20(26)19-7-4-14-27-19;/h2-3,5-6,17,19H,4,7-15H2,1H3,(H,22,23);1H. The second-order valence-corrected chi connectivity index (χ2v) is 7.68. The number of guanidine groups is 1. The molecule has 6 nitrogen and oxygen atoms in total. The Morgan fingerprint density at radius 2 is 1.93 bits per heavy atom. The molecule has 1 aliphatic carbocycles. The van der Waals surface area contributed by atoms with Crippen LogP contribution in [0.15, 0.2) is 29.3 Å². The normalized spacial score (nSPS) is 24.7. The number of ether oxygens (including phenoxy) is 1. The van der Waals surface area contributed by atoms with Gasteiger partial charge in [0, 0.05) is 52.3 Å². The number of halogens is 1. The first-order valence-electron chi connectivity index (χ1n) is 10.2. The third kappa shape index (κ3) is 4.62. The predicted molar refractivity (Wildman–Crippen MR) is 121 cm³/mol. The number of fused-ring (bicyclic) bond motifs is 1. The van der Waals surface area contributed by atoms with Gasteiger partial charge < -0.3 is 19.9 Å². The van der Waals surface area contributed by atoms with Crippen LogP contribution in [-0.4, -0.2) is 74.1 Å². The molecule has 0 radical (unpaired) electrons. The van der Waals surface area contributed by atoms with Crippen molar-refractivity contribution in [2.24, 2.45) is 4.99 Å². The lowest BCUT2D eigenvalue weighted by Crippen LogP contribution is -2.55. The highest BCUT2D eigenvalue weighted by molar-refractivity contribution is 14.0. The molecule has 0 saturated carbocycles. The number of amides is 1. The quantitative estimate of drug-likeness (QED) is 0.395. The molecule has 2 fully saturated rings. The van der Waals surface area contributed by atoms with Crippen molar-refractivity contribution in [2.45, 2.75) is 37.7 Å². The second-order valence-electron chi connectivity index (χ2n) is 7.68. The van der Waals surface area contributed by atoms with Crippen molar-refractivity contribution in [1.82, 2.24) is 15.1 Å². The lowest BCUT2D eigenvalue weighted by molar-refractivity contribution is -0.142. The van der Waals surface area contributed by atoms with E-state index in [4.69, 9.17) is 4.74 Å². The van der Waals surface area contributed by atoms with Crippen molar-refractivity contribution in [2.75, 3.05) is 46.4 Å². The van der Waals surface area contributed by atoms with E-state index in [-0.39, 0.29) is 36.0 Å². The summed E-state index contributed by atoms with van der Waals surface area (Å²) in [6.45, 7) is 4.76. The molecule has 1 N–H and O–H groups in total. The van der Waals surface area contributed by atoms with Gasteiger partial charge in [0.05, 0.1) is 0 Å². The first kappa shape index (κ1) is 21.4. The van der Waals surface area contributed by atoms with Gasteiger partial charge in [0.15, 0.2) is 5.96 Å². The molecule has 28 heavy (non-hydrogen) atoms. The van der Waals surface area contributed by atoms with Crippen molar-refractivity contribution in [1.29, 1.82) is 0 Å². The molecule has 2 aliphatic heterocycles. The average Bonchev–Trinajstić information content (AvgIpc) is 3.39. The summed E-state index contributed by atoms with van der Waals surface area (Å²) in [5.41, 5.74) is 2.97. The number of hydrogen-bond donors (Lipinski definition) is 1. The fourth-order valence-electron chi connectivity index (χ4n) is 4.52. The van der Waals surface area contributed by atoms with Crippen LogP contribution in [0.3, 0.4) is 0 Å². The molecule has 2 heterocycles. The van der Waals surface area contributed by atoms with Crippen LogP contribution in [0, 0.1) is 0 Å². The molecule has 1 aromatic carbocycles. The van der Waals surface area contributed by atoms with Gasteiger partial charge in [-0.15, -0.1) is 24.0 Å². The highest BCUT2D eigenvalue weighted by Gasteiger charge is 2.31. The number of carbonyl (C=O) groups is 1. The number of benzene rings is 1. The van der Waals surface area contributed by atoms with E-state index < -0.39 is 0 Å². The summed E-state index contributed by atoms with van der Waals surface area (Å²) in [7, 11) is 1.84. The van der Waals surface area contributed by atoms with Gasteiger partial charge in [-0.05, 0) is 36.8 Å². The Kier molecular flexibility index (Phi) is 7.56. The Morgan fingerprint density at radius 3 is 2.64 bits per heavy atom. The molecule has 154 valence electrons. The summed E-state index contributed by atoms with van der Waals surface area (Å²) in [5.74, 6) is 1.67. The van der Waals surface area contributed by atoms with E-state index in [1.807, 2.05) is 11.9 Å². The summed E-state index contributed by atoms with van der Waals surface area (Å²) in [6, 6.07) is 8.77. The topological polar surface area (TPSA) is 57.2 Å². The van der Waals surface area contributed by atoms with Crippen molar-refractivity contribution in [3.63, 3.8) is 0 Å². The number of piperazine rings is 1. The number of hydrogen-bond acceptors (Lipinski definition) is 3. The van der Waals surface area contributed by atoms with Gasteiger partial charge in [-0.25, -0.2) is 0 Å². The minimum atomic E-state index is -0.212. The van der Waals surface area contributed by atoms with Crippen LogP contribution in [0.25, 0.3) is 0 Å². The van der Waals surface area contributed by atoms with Crippen LogP contribution in [0.2, 0.25) is 0 Å². The Bertz CT molecular complexity index is 697. The summed E-state index contributed by atoms with van der Waals surface area (Å²) < 4.78 is 5.55. The zero-order valence-corrected chi connectivity index (χ0v) is 18.9. The van der Waals surface area contributed by atoms with E-state index >= 15 is 0 Å². The van der Waals surface area contributed by atoms with Crippen molar-refractivity contribution >= 4 is 35.8 Å². The third-order valence-corrected chi connectivity index (χ3v) is 6.07. The first-order chi connectivity index (χ1) is 13.3. The molecule has 4 rings (SSSR count). The molecule has 1 aromatic rings. The summed E-state index contributed by atoms with van der Waals surface area (Å²) in [4.78, 5) is 21.2. The fourth-order valence-corrected chi connectivity index (χ4v) is 4.52. The van der Waals surface area contributed by atoms with Gasteiger partial charge in [0.2, 0.25) is 0 Å². The zero-order chi connectivity index (χ0) is 18.6. The maximum absolute atomic E-state index is 12.5. The minimum Gasteiger partial charge on any atom is -0.368 e.